The minimum absolute atomic E-state index is 0.181. The second-order valence-corrected chi connectivity index (χ2v) is 4.95. The maximum absolute atomic E-state index is 12.0. The van der Waals surface area contributed by atoms with Crippen molar-refractivity contribution in [3.8, 4) is 0 Å². The Hall–Kier alpha value is -2.43. The molecule has 0 aliphatic heterocycles. The van der Waals surface area contributed by atoms with Gasteiger partial charge in [-0.15, -0.1) is 0 Å². The zero-order chi connectivity index (χ0) is 13.8. The molecule has 0 atom stereocenters. The first kappa shape index (κ1) is 12.6. The predicted octanol–water partition coefficient (Wildman–Crippen LogP) is 2.55. The summed E-state index contributed by atoms with van der Waals surface area (Å²) in [6, 6.07) is 7.18. The van der Waals surface area contributed by atoms with Gasteiger partial charge in [0.25, 0.3) is 5.91 Å². The van der Waals surface area contributed by atoms with Crippen LogP contribution >= 0.6 is 0 Å². The van der Waals surface area contributed by atoms with E-state index in [1.54, 1.807) is 36.8 Å². The van der Waals surface area contributed by atoms with Crippen LogP contribution in [0.5, 0.6) is 0 Å². The lowest BCUT2D eigenvalue weighted by molar-refractivity contribution is 0.102. The van der Waals surface area contributed by atoms with E-state index in [9.17, 15) is 4.79 Å². The number of nitrogens with one attached hydrogen (secondary N) is 2. The molecule has 2 N–H and O–H groups in total. The average molecular weight is 268 g/mol. The molecule has 20 heavy (non-hydrogen) atoms. The van der Waals surface area contributed by atoms with E-state index in [1.807, 2.05) is 6.07 Å². The van der Waals surface area contributed by atoms with Crippen molar-refractivity contribution in [2.24, 2.45) is 5.92 Å². The topological polar surface area (TPSA) is 66.9 Å². The van der Waals surface area contributed by atoms with E-state index >= 15 is 0 Å². The lowest BCUT2D eigenvalue weighted by Gasteiger charge is -2.06. The molecule has 2 aromatic heterocycles. The van der Waals surface area contributed by atoms with E-state index in [0.29, 0.717) is 11.3 Å². The van der Waals surface area contributed by atoms with E-state index in [-0.39, 0.29) is 5.91 Å². The van der Waals surface area contributed by atoms with E-state index in [2.05, 4.69) is 20.6 Å². The molecule has 1 aliphatic carbocycles. The Morgan fingerprint density at radius 3 is 2.80 bits per heavy atom. The molecule has 0 aromatic carbocycles. The zero-order valence-corrected chi connectivity index (χ0v) is 11.0. The van der Waals surface area contributed by atoms with E-state index in [0.717, 1.165) is 18.3 Å². The highest BCUT2D eigenvalue weighted by Crippen LogP contribution is 2.28. The Kier molecular flexibility index (Phi) is 3.58. The average Bonchev–Trinajstić information content (AvgIpc) is 3.31. The number of rotatable bonds is 5. The molecule has 1 amide bonds. The minimum atomic E-state index is -0.181. The van der Waals surface area contributed by atoms with Crippen LogP contribution in [0.2, 0.25) is 0 Å². The van der Waals surface area contributed by atoms with Crippen LogP contribution in [-0.4, -0.2) is 22.4 Å². The molecule has 2 heterocycles. The summed E-state index contributed by atoms with van der Waals surface area (Å²) in [5, 5.41) is 6.05. The van der Waals surface area contributed by atoms with Gasteiger partial charge < -0.3 is 10.6 Å². The van der Waals surface area contributed by atoms with Crippen molar-refractivity contribution in [3.05, 3.63) is 48.4 Å². The highest BCUT2D eigenvalue weighted by atomic mass is 16.1. The molecular formula is C15H16N4O. The zero-order valence-electron chi connectivity index (χ0n) is 11.0. The molecule has 102 valence electrons. The minimum Gasteiger partial charge on any atom is -0.370 e. The molecular weight excluding hydrogens is 252 g/mol. The molecule has 1 saturated carbocycles. The quantitative estimate of drug-likeness (QED) is 0.874. The van der Waals surface area contributed by atoms with Crippen molar-refractivity contribution in [3.63, 3.8) is 0 Å². The van der Waals surface area contributed by atoms with Crippen molar-refractivity contribution >= 4 is 17.4 Å². The number of carbonyl (C=O) groups excluding carboxylic acids is 1. The summed E-state index contributed by atoms with van der Waals surface area (Å²) in [6.45, 7) is 0.966. The van der Waals surface area contributed by atoms with Crippen molar-refractivity contribution < 1.29 is 4.79 Å². The van der Waals surface area contributed by atoms with Crippen LogP contribution in [0.15, 0.2) is 42.9 Å². The van der Waals surface area contributed by atoms with Crippen molar-refractivity contribution in [1.29, 1.82) is 0 Å². The van der Waals surface area contributed by atoms with Crippen molar-refractivity contribution in [1.82, 2.24) is 9.97 Å². The third-order valence-corrected chi connectivity index (χ3v) is 3.21. The van der Waals surface area contributed by atoms with Crippen LogP contribution in [0, 0.1) is 5.92 Å². The molecule has 1 fully saturated rings. The van der Waals surface area contributed by atoms with Crippen LogP contribution in [0.3, 0.4) is 0 Å². The van der Waals surface area contributed by atoms with Gasteiger partial charge in [-0.1, -0.05) is 0 Å². The maximum atomic E-state index is 12.0. The molecule has 0 unspecified atom stereocenters. The summed E-state index contributed by atoms with van der Waals surface area (Å²) in [5.41, 5.74) is 1.21. The highest BCUT2D eigenvalue weighted by molar-refractivity contribution is 6.04. The van der Waals surface area contributed by atoms with Crippen LogP contribution in [0.25, 0.3) is 0 Å². The first-order chi connectivity index (χ1) is 9.81. The number of anilines is 2. The largest absolute Gasteiger partial charge is 0.370 e. The fraction of sp³-hybridized carbons (Fsp3) is 0.267. The van der Waals surface area contributed by atoms with Gasteiger partial charge in [-0.05, 0) is 43.0 Å². The summed E-state index contributed by atoms with van der Waals surface area (Å²) < 4.78 is 0. The van der Waals surface area contributed by atoms with Crippen LogP contribution < -0.4 is 10.6 Å². The van der Waals surface area contributed by atoms with Gasteiger partial charge in [0.15, 0.2) is 0 Å². The monoisotopic (exact) mass is 268 g/mol. The van der Waals surface area contributed by atoms with Crippen LogP contribution in [0.1, 0.15) is 23.2 Å². The third kappa shape index (κ3) is 3.32. The van der Waals surface area contributed by atoms with Gasteiger partial charge in [0, 0.05) is 18.9 Å². The lowest BCUT2D eigenvalue weighted by Crippen LogP contribution is -2.13. The highest BCUT2D eigenvalue weighted by Gasteiger charge is 2.20. The van der Waals surface area contributed by atoms with Gasteiger partial charge in [-0.3, -0.25) is 9.78 Å². The number of carbonyl (C=O) groups is 1. The Labute approximate surface area is 117 Å². The summed E-state index contributed by atoms with van der Waals surface area (Å²) in [6.07, 6.45) is 7.46. The fourth-order valence-electron chi connectivity index (χ4n) is 1.84. The Bertz CT molecular complexity index is 579. The summed E-state index contributed by atoms with van der Waals surface area (Å²) in [5.74, 6) is 1.43. The number of aromatic nitrogens is 2. The first-order valence-electron chi connectivity index (χ1n) is 6.72. The fourth-order valence-corrected chi connectivity index (χ4v) is 1.84. The van der Waals surface area contributed by atoms with Gasteiger partial charge in [0.1, 0.15) is 5.82 Å². The molecule has 3 rings (SSSR count). The number of hydrogen-bond acceptors (Lipinski definition) is 4. The molecule has 1 aliphatic rings. The van der Waals surface area contributed by atoms with Gasteiger partial charge in [0.05, 0.1) is 17.4 Å². The normalized spacial score (nSPS) is 13.8. The van der Waals surface area contributed by atoms with E-state index in [1.165, 1.54) is 12.8 Å². The third-order valence-electron chi connectivity index (χ3n) is 3.21. The first-order valence-corrected chi connectivity index (χ1v) is 6.72. The second kappa shape index (κ2) is 5.69. The van der Waals surface area contributed by atoms with E-state index in [4.69, 9.17) is 0 Å². The molecule has 0 spiro atoms. The Balaban J connectivity index is 1.59. The SMILES string of the molecule is O=C(Nc1cccnc1)c1ccc(NCC2CC2)nc1. The maximum Gasteiger partial charge on any atom is 0.257 e. The van der Waals surface area contributed by atoms with Gasteiger partial charge in [-0.2, -0.15) is 0 Å². The molecule has 5 nitrogen and oxygen atoms in total. The predicted molar refractivity (Wildman–Crippen MR) is 77.6 cm³/mol. The summed E-state index contributed by atoms with van der Waals surface area (Å²) in [7, 11) is 0. The second-order valence-electron chi connectivity index (χ2n) is 4.95. The van der Waals surface area contributed by atoms with Crippen molar-refractivity contribution in [2.45, 2.75) is 12.8 Å². The number of pyridine rings is 2. The van der Waals surface area contributed by atoms with Crippen LogP contribution in [0.4, 0.5) is 11.5 Å². The molecule has 0 saturated heterocycles. The van der Waals surface area contributed by atoms with Gasteiger partial charge in [-0.25, -0.2) is 4.98 Å². The van der Waals surface area contributed by atoms with Crippen LogP contribution in [-0.2, 0) is 0 Å². The lowest BCUT2D eigenvalue weighted by atomic mass is 10.2. The molecule has 2 aromatic rings. The standard InChI is InChI=1S/C15H16N4O/c20-15(19-13-2-1-7-16-10-13)12-5-6-14(18-9-12)17-8-11-3-4-11/h1-2,5-7,9-11H,3-4,8H2,(H,17,18)(H,19,20). The molecule has 0 radical (unpaired) electrons. The molecule has 5 heteroatoms. The smallest absolute Gasteiger partial charge is 0.257 e. The number of hydrogen-bond donors (Lipinski definition) is 2. The Morgan fingerprint density at radius 1 is 1.25 bits per heavy atom. The molecule has 0 bridgehead atoms. The van der Waals surface area contributed by atoms with Gasteiger partial charge in [0.2, 0.25) is 0 Å². The number of amides is 1. The van der Waals surface area contributed by atoms with Gasteiger partial charge >= 0.3 is 0 Å². The van der Waals surface area contributed by atoms with Crippen molar-refractivity contribution in [2.75, 3.05) is 17.2 Å². The summed E-state index contributed by atoms with van der Waals surface area (Å²) in [4.78, 5) is 20.2. The Morgan fingerprint density at radius 2 is 2.15 bits per heavy atom. The van der Waals surface area contributed by atoms with E-state index < -0.39 is 0 Å². The summed E-state index contributed by atoms with van der Waals surface area (Å²) >= 11 is 0. The number of nitrogens with zero attached hydrogens (tertiary/aromatic N) is 2.